The number of pyridine rings is 1. The molecule has 2 aromatic heterocycles. The van der Waals surface area contributed by atoms with Gasteiger partial charge in [-0.3, -0.25) is 4.68 Å². The molecule has 3 aromatic rings. The highest BCUT2D eigenvalue weighted by Crippen LogP contribution is 2.37. The van der Waals surface area contributed by atoms with Crippen molar-refractivity contribution in [1.29, 1.82) is 0 Å². The van der Waals surface area contributed by atoms with Gasteiger partial charge < -0.3 is 15.5 Å². The van der Waals surface area contributed by atoms with Gasteiger partial charge in [-0.25, -0.2) is 4.98 Å². The van der Waals surface area contributed by atoms with Crippen molar-refractivity contribution in [3.63, 3.8) is 0 Å². The van der Waals surface area contributed by atoms with Crippen LogP contribution in [-0.2, 0) is 20.1 Å². The number of halogens is 2. The van der Waals surface area contributed by atoms with Crippen LogP contribution in [-0.4, -0.2) is 45.8 Å². The van der Waals surface area contributed by atoms with E-state index >= 15 is 0 Å². The van der Waals surface area contributed by atoms with E-state index in [1.54, 1.807) is 13.1 Å². The van der Waals surface area contributed by atoms with Crippen molar-refractivity contribution in [2.24, 2.45) is 40.1 Å². The number of aryl methyl sites for hydroxylation is 2. The van der Waals surface area contributed by atoms with Crippen LogP contribution in [0.15, 0.2) is 39.7 Å². The Morgan fingerprint density at radius 2 is 1.70 bits per heavy atom. The van der Waals surface area contributed by atoms with Gasteiger partial charge in [0.25, 0.3) is 0 Å². The number of nitrogens with two attached hydrogens (primary N) is 1. The number of hydrogen-bond donors (Lipinski definition) is 1. The molecule has 0 amide bonds. The molecule has 0 atom stereocenters. The fourth-order valence-corrected chi connectivity index (χ4v) is 5.31. The van der Waals surface area contributed by atoms with Crippen LogP contribution < -0.4 is 10.6 Å². The molecule has 0 aliphatic heterocycles. The molecule has 2 fully saturated rings. The lowest BCUT2D eigenvalue weighted by molar-refractivity contribution is 0.399. The summed E-state index contributed by atoms with van der Waals surface area (Å²) in [5.74, 6) is 2.72. The van der Waals surface area contributed by atoms with Crippen LogP contribution in [0, 0.1) is 18.8 Å². The minimum atomic E-state index is 0.256. The second kappa shape index (κ2) is 10.8. The van der Waals surface area contributed by atoms with E-state index in [-0.39, 0.29) is 5.96 Å². The summed E-state index contributed by atoms with van der Waals surface area (Å²) in [6, 6.07) is 7.69. The molecule has 2 aliphatic carbocycles. The van der Waals surface area contributed by atoms with Crippen molar-refractivity contribution in [2.45, 2.75) is 45.7 Å². The maximum absolute atomic E-state index is 6.44. The van der Waals surface area contributed by atoms with Crippen LogP contribution in [0.5, 0.6) is 0 Å². The van der Waals surface area contributed by atoms with Crippen LogP contribution in [0.25, 0.3) is 11.0 Å². The van der Waals surface area contributed by atoms with Gasteiger partial charge in [0.15, 0.2) is 5.65 Å². The molecule has 2 saturated carbocycles. The van der Waals surface area contributed by atoms with E-state index in [2.05, 4.69) is 31.5 Å². The molecular formula is C26H33Cl2N9. The van der Waals surface area contributed by atoms with E-state index in [0.29, 0.717) is 23.1 Å². The highest BCUT2D eigenvalue weighted by Gasteiger charge is 2.31. The van der Waals surface area contributed by atoms with Crippen molar-refractivity contribution in [3.05, 3.63) is 51.1 Å². The Morgan fingerprint density at radius 1 is 1.05 bits per heavy atom. The number of benzene rings is 1. The second-order valence-electron chi connectivity index (χ2n) is 10.2. The third-order valence-corrected chi connectivity index (χ3v) is 7.36. The first-order chi connectivity index (χ1) is 17.8. The first kappa shape index (κ1) is 25.7. The zero-order valence-corrected chi connectivity index (χ0v) is 23.0. The molecule has 1 aromatic carbocycles. The van der Waals surface area contributed by atoms with Gasteiger partial charge in [0.05, 0.1) is 12.7 Å². The SMILES string of the molecule is CN=NN=C(N)N(Cc1cc(Cl)cc(Cl)c1)Cc1cc2c(C)nn(C)c2nc1N(CC1CC1)CC1CC1. The highest BCUT2D eigenvalue weighted by atomic mass is 35.5. The molecule has 0 unspecified atom stereocenters. The van der Waals surface area contributed by atoms with Gasteiger partial charge >= 0.3 is 0 Å². The predicted octanol–water partition coefficient (Wildman–Crippen LogP) is 5.52. The van der Waals surface area contributed by atoms with Gasteiger partial charge in [0.2, 0.25) is 5.96 Å². The molecule has 9 nitrogen and oxygen atoms in total. The summed E-state index contributed by atoms with van der Waals surface area (Å²) in [5.41, 5.74) is 10.3. The molecule has 0 radical (unpaired) electrons. The third-order valence-electron chi connectivity index (χ3n) is 6.92. The summed E-state index contributed by atoms with van der Waals surface area (Å²) in [6.45, 7) is 5.00. The molecule has 37 heavy (non-hydrogen) atoms. The minimum absolute atomic E-state index is 0.256. The first-order valence-corrected chi connectivity index (χ1v) is 13.5. The number of guanidine groups is 1. The van der Waals surface area contributed by atoms with Crippen LogP contribution in [0.3, 0.4) is 0 Å². The highest BCUT2D eigenvalue weighted by molar-refractivity contribution is 6.34. The molecule has 2 aliphatic rings. The second-order valence-corrected chi connectivity index (χ2v) is 11.1. The van der Waals surface area contributed by atoms with Gasteiger partial charge in [-0.1, -0.05) is 28.3 Å². The molecule has 11 heteroatoms. The quantitative estimate of drug-likeness (QED) is 0.157. The minimum Gasteiger partial charge on any atom is -0.368 e. The lowest BCUT2D eigenvalue weighted by atomic mass is 10.1. The van der Waals surface area contributed by atoms with Crippen LogP contribution >= 0.6 is 23.2 Å². The smallest absolute Gasteiger partial charge is 0.218 e. The van der Waals surface area contributed by atoms with Crippen LogP contribution in [0.4, 0.5) is 5.82 Å². The Morgan fingerprint density at radius 3 is 2.30 bits per heavy atom. The van der Waals surface area contributed by atoms with Crippen molar-refractivity contribution in [1.82, 2.24) is 19.7 Å². The van der Waals surface area contributed by atoms with E-state index in [4.69, 9.17) is 33.9 Å². The fourth-order valence-electron chi connectivity index (χ4n) is 4.74. The van der Waals surface area contributed by atoms with E-state index in [1.165, 1.54) is 25.7 Å². The number of fused-ring (bicyclic) bond motifs is 1. The number of aromatic nitrogens is 3. The Bertz CT molecular complexity index is 1310. The lowest BCUT2D eigenvalue weighted by Gasteiger charge is -2.29. The third kappa shape index (κ3) is 6.33. The summed E-state index contributed by atoms with van der Waals surface area (Å²) in [7, 11) is 3.51. The zero-order valence-electron chi connectivity index (χ0n) is 21.5. The summed E-state index contributed by atoms with van der Waals surface area (Å²) >= 11 is 12.6. The topological polar surface area (TPSA) is 100 Å². The molecule has 2 N–H and O–H groups in total. The molecule has 5 rings (SSSR count). The molecule has 0 spiro atoms. The van der Waals surface area contributed by atoms with Gasteiger partial charge in [-0.2, -0.15) is 10.2 Å². The van der Waals surface area contributed by atoms with Gasteiger partial charge in [0.1, 0.15) is 5.82 Å². The van der Waals surface area contributed by atoms with Gasteiger partial charge in [-0.15, -0.1) is 0 Å². The van der Waals surface area contributed by atoms with E-state index in [9.17, 15) is 0 Å². The van der Waals surface area contributed by atoms with Crippen molar-refractivity contribution >= 4 is 46.0 Å². The summed E-state index contributed by atoms with van der Waals surface area (Å²) in [6.07, 6.45) is 5.14. The number of nitrogens with zero attached hydrogens (tertiary/aromatic N) is 8. The van der Waals surface area contributed by atoms with Gasteiger partial charge in [0, 0.05) is 54.2 Å². The zero-order chi connectivity index (χ0) is 26.1. The maximum atomic E-state index is 6.44. The van der Waals surface area contributed by atoms with Crippen LogP contribution in [0.2, 0.25) is 10.0 Å². The largest absolute Gasteiger partial charge is 0.368 e. The van der Waals surface area contributed by atoms with Crippen molar-refractivity contribution in [2.75, 3.05) is 25.0 Å². The van der Waals surface area contributed by atoms with Crippen molar-refractivity contribution in [3.8, 4) is 0 Å². The Kier molecular flexibility index (Phi) is 7.53. The lowest BCUT2D eigenvalue weighted by Crippen LogP contribution is -2.37. The standard InChI is InChI=1S/C26H33Cl2N9/c1-16-23-10-20(15-37(26(29)32-34-30-2)14-19-8-21(27)11-22(28)9-19)24(31-25(23)35(3)33-16)36(12-17-4-5-17)13-18-6-7-18/h8-11,17-18H,4-7,12-15H2,1-3H3,(H2,29,30,32). The summed E-state index contributed by atoms with van der Waals surface area (Å²) in [5, 5.41) is 18.5. The fraction of sp³-hybridized carbons (Fsp3) is 0.500. The van der Waals surface area contributed by atoms with E-state index in [0.717, 1.165) is 58.6 Å². The number of hydrogen-bond acceptors (Lipinski definition) is 5. The monoisotopic (exact) mass is 541 g/mol. The van der Waals surface area contributed by atoms with Crippen molar-refractivity contribution < 1.29 is 0 Å². The van der Waals surface area contributed by atoms with E-state index in [1.807, 2.05) is 35.7 Å². The van der Waals surface area contributed by atoms with Crippen LogP contribution in [0.1, 0.15) is 42.5 Å². The average molecular weight is 543 g/mol. The Balaban J connectivity index is 1.56. The molecular weight excluding hydrogens is 509 g/mol. The maximum Gasteiger partial charge on any atom is 0.218 e. The molecule has 2 heterocycles. The normalized spacial score (nSPS) is 16.2. The first-order valence-electron chi connectivity index (χ1n) is 12.7. The summed E-state index contributed by atoms with van der Waals surface area (Å²) in [4.78, 5) is 9.65. The average Bonchev–Trinajstić information content (AvgIpc) is 3.78. The van der Waals surface area contributed by atoms with Gasteiger partial charge in [-0.05, 0) is 79.5 Å². The van der Waals surface area contributed by atoms with E-state index < -0.39 is 0 Å². The Hall–Kier alpha value is -2.91. The number of rotatable bonds is 10. The Labute approximate surface area is 227 Å². The summed E-state index contributed by atoms with van der Waals surface area (Å²) < 4.78 is 1.87. The number of anilines is 1. The molecule has 0 saturated heterocycles. The molecule has 196 valence electrons. The molecule has 0 bridgehead atoms. The predicted molar refractivity (Wildman–Crippen MR) is 149 cm³/mol.